The quantitative estimate of drug-likeness (QED) is 0.474. The predicted octanol–water partition coefficient (Wildman–Crippen LogP) is 5.07. The molecule has 0 spiro atoms. The van der Waals surface area contributed by atoms with E-state index in [1.807, 2.05) is 24.3 Å². The van der Waals surface area contributed by atoms with Crippen LogP contribution in [0.4, 0.5) is 15.8 Å². The van der Waals surface area contributed by atoms with Crippen molar-refractivity contribution in [3.8, 4) is 5.75 Å². The van der Waals surface area contributed by atoms with Crippen molar-refractivity contribution in [2.45, 2.75) is 37.5 Å². The minimum Gasteiger partial charge on any atom is -0.478 e. The first-order chi connectivity index (χ1) is 15.6. The second-order valence-electron chi connectivity index (χ2n) is 7.53. The molecule has 1 aliphatic rings. The van der Waals surface area contributed by atoms with E-state index in [4.69, 9.17) is 9.15 Å². The van der Waals surface area contributed by atoms with Crippen molar-refractivity contribution in [3.63, 3.8) is 0 Å². The molecule has 1 atom stereocenters. The summed E-state index contributed by atoms with van der Waals surface area (Å²) in [4.78, 5) is 14.7. The summed E-state index contributed by atoms with van der Waals surface area (Å²) in [6.07, 6.45) is 3.12. The number of benzene rings is 2. The smallest absolute Gasteiger partial charge is 0.277 e. The first kappa shape index (κ1) is 22.1. The van der Waals surface area contributed by atoms with Crippen molar-refractivity contribution in [2.24, 2.45) is 0 Å². The Labute approximate surface area is 190 Å². The maximum atomic E-state index is 13.7. The van der Waals surface area contributed by atoms with E-state index in [-0.39, 0.29) is 28.5 Å². The van der Waals surface area contributed by atoms with Gasteiger partial charge in [-0.25, -0.2) is 4.39 Å². The van der Waals surface area contributed by atoms with E-state index in [0.29, 0.717) is 0 Å². The molecule has 0 aliphatic carbocycles. The maximum absolute atomic E-state index is 13.7. The highest BCUT2D eigenvalue weighted by atomic mass is 32.2. The molecule has 1 fully saturated rings. The molecule has 2 heterocycles. The van der Waals surface area contributed by atoms with Crippen LogP contribution in [0.1, 0.15) is 38.2 Å². The van der Waals surface area contributed by atoms with Crippen molar-refractivity contribution in [1.82, 2.24) is 10.2 Å². The highest BCUT2D eigenvalue weighted by Crippen LogP contribution is 2.26. The van der Waals surface area contributed by atoms with Crippen molar-refractivity contribution in [3.05, 3.63) is 60.2 Å². The molecular formula is C23H25FN4O3S. The van der Waals surface area contributed by atoms with Gasteiger partial charge in [-0.3, -0.25) is 4.79 Å². The van der Waals surface area contributed by atoms with Crippen LogP contribution in [-0.4, -0.2) is 34.9 Å². The van der Waals surface area contributed by atoms with Gasteiger partial charge in [-0.1, -0.05) is 23.9 Å². The summed E-state index contributed by atoms with van der Waals surface area (Å²) in [7, 11) is 0. The van der Waals surface area contributed by atoms with Gasteiger partial charge in [0.2, 0.25) is 5.91 Å². The number of hydrogen-bond acceptors (Lipinski definition) is 7. The zero-order chi connectivity index (χ0) is 22.3. The number of thioether (sulfide) groups is 1. The lowest BCUT2D eigenvalue weighted by Crippen LogP contribution is -2.29. The number of amides is 1. The third kappa shape index (κ3) is 5.79. The van der Waals surface area contributed by atoms with Crippen LogP contribution in [0.2, 0.25) is 0 Å². The third-order valence-electron chi connectivity index (χ3n) is 5.11. The summed E-state index contributed by atoms with van der Waals surface area (Å²) in [5.41, 5.74) is 1.93. The summed E-state index contributed by atoms with van der Waals surface area (Å²) in [5, 5.41) is 11.0. The van der Waals surface area contributed by atoms with E-state index in [9.17, 15) is 9.18 Å². The molecule has 0 saturated carbocycles. The van der Waals surface area contributed by atoms with Gasteiger partial charge < -0.3 is 19.4 Å². The molecule has 3 aromatic rings. The normalized spacial score (nSPS) is 14.8. The van der Waals surface area contributed by atoms with Gasteiger partial charge in [0.25, 0.3) is 11.1 Å². The molecule has 7 nitrogen and oxygen atoms in total. The lowest BCUT2D eigenvalue weighted by atomic mass is 10.1. The number of nitrogens with one attached hydrogen (secondary N) is 1. The number of hydrogen-bond donors (Lipinski definition) is 1. The Morgan fingerprint density at radius 1 is 1.16 bits per heavy atom. The topological polar surface area (TPSA) is 80.5 Å². The third-order valence-corrected chi connectivity index (χ3v) is 5.93. The molecule has 1 saturated heterocycles. The largest absolute Gasteiger partial charge is 0.478 e. The van der Waals surface area contributed by atoms with Crippen LogP contribution in [0, 0.1) is 5.82 Å². The van der Waals surface area contributed by atoms with Crippen LogP contribution in [0.5, 0.6) is 5.75 Å². The van der Waals surface area contributed by atoms with E-state index in [1.165, 1.54) is 37.1 Å². The fourth-order valence-electron chi connectivity index (χ4n) is 3.46. The van der Waals surface area contributed by atoms with Crippen LogP contribution >= 0.6 is 11.8 Å². The van der Waals surface area contributed by atoms with Gasteiger partial charge in [0.05, 0.1) is 5.75 Å². The van der Waals surface area contributed by atoms with Crippen LogP contribution in [0.3, 0.4) is 0 Å². The monoisotopic (exact) mass is 456 g/mol. The molecule has 1 N–H and O–H groups in total. The zero-order valence-electron chi connectivity index (χ0n) is 17.8. The molecule has 0 radical (unpaired) electrons. The molecule has 1 amide bonds. The fraction of sp³-hybridized carbons (Fsp3) is 0.348. The number of para-hydroxylation sites is 1. The minimum atomic E-state index is -0.624. The highest BCUT2D eigenvalue weighted by Gasteiger charge is 2.18. The van der Waals surface area contributed by atoms with Gasteiger partial charge in [0.1, 0.15) is 0 Å². The molecule has 2 aromatic carbocycles. The molecule has 1 aromatic heterocycles. The number of carbonyl (C=O) groups is 1. The Kier molecular flexibility index (Phi) is 7.26. The molecule has 9 heteroatoms. The zero-order valence-corrected chi connectivity index (χ0v) is 18.6. The Morgan fingerprint density at radius 3 is 2.66 bits per heavy atom. The fourth-order valence-corrected chi connectivity index (χ4v) is 4.03. The SMILES string of the molecule is CC(Oc1ccccc1F)c1nnc(SCC(=O)Nc2ccc(N3CCCCC3)cc2)o1. The number of halogens is 1. The summed E-state index contributed by atoms with van der Waals surface area (Å²) in [5.74, 6) is -0.189. The summed E-state index contributed by atoms with van der Waals surface area (Å²) >= 11 is 1.13. The van der Waals surface area contributed by atoms with E-state index < -0.39 is 11.9 Å². The Balaban J connectivity index is 1.25. The lowest BCUT2D eigenvalue weighted by molar-refractivity contribution is -0.113. The number of carbonyl (C=O) groups excluding carboxylic acids is 1. The van der Waals surface area contributed by atoms with Gasteiger partial charge in [0.15, 0.2) is 17.7 Å². The lowest BCUT2D eigenvalue weighted by Gasteiger charge is -2.28. The van der Waals surface area contributed by atoms with Crippen molar-refractivity contribution < 1.29 is 18.3 Å². The van der Waals surface area contributed by atoms with E-state index in [0.717, 1.165) is 30.5 Å². The summed E-state index contributed by atoms with van der Waals surface area (Å²) < 4.78 is 24.8. The summed E-state index contributed by atoms with van der Waals surface area (Å²) in [6.45, 7) is 3.85. The molecule has 1 aliphatic heterocycles. The molecule has 0 bridgehead atoms. The van der Waals surface area contributed by atoms with Crippen LogP contribution in [0.25, 0.3) is 0 Å². The number of aromatic nitrogens is 2. The highest BCUT2D eigenvalue weighted by molar-refractivity contribution is 7.99. The van der Waals surface area contributed by atoms with Crippen molar-refractivity contribution in [2.75, 3.05) is 29.1 Å². The Hall–Kier alpha value is -3.07. The van der Waals surface area contributed by atoms with E-state index >= 15 is 0 Å². The number of piperidine rings is 1. The maximum Gasteiger partial charge on any atom is 0.277 e. The van der Waals surface area contributed by atoms with E-state index in [2.05, 4.69) is 20.4 Å². The molecule has 168 valence electrons. The Bertz CT molecular complexity index is 1040. The number of anilines is 2. The second kappa shape index (κ2) is 10.5. The van der Waals surface area contributed by atoms with Crippen LogP contribution in [-0.2, 0) is 4.79 Å². The average molecular weight is 457 g/mol. The van der Waals surface area contributed by atoms with Gasteiger partial charge in [-0.15, -0.1) is 10.2 Å². The average Bonchev–Trinajstić information content (AvgIpc) is 3.30. The first-order valence-corrected chi connectivity index (χ1v) is 11.6. The minimum absolute atomic E-state index is 0.109. The van der Waals surface area contributed by atoms with Crippen molar-refractivity contribution >= 4 is 29.0 Å². The molecular weight excluding hydrogens is 431 g/mol. The molecule has 4 rings (SSSR count). The van der Waals surface area contributed by atoms with E-state index in [1.54, 1.807) is 19.1 Å². The Morgan fingerprint density at radius 2 is 1.91 bits per heavy atom. The van der Waals surface area contributed by atoms with Crippen LogP contribution < -0.4 is 15.0 Å². The number of nitrogens with zero attached hydrogens (tertiary/aromatic N) is 3. The number of ether oxygens (including phenoxy) is 1. The van der Waals surface area contributed by atoms with Gasteiger partial charge in [0, 0.05) is 24.5 Å². The molecule has 1 unspecified atom stereocenters. The molecule has 32 heavy (non-hydrogen) atoms. The van der Waals surface area contributed by atoms with Crippen LogP contribution in [0.15, 0.2) is 58.2 Å². The standard InChI is InChI=1S/C23H25FN4O3S/c1-16(30-20-8-4-3-7-19(20)24)22-26-27-23(31-22)32-15-21(29)25-17-9-11-18(12-10-17)28-13-5-2-6-14-28/h3-4,7-12,16H,2,5-6,13-15H2,1H3,(H,25,29). The second-order valence-corrected chi connectivity index (χ2v) is 8.45. The van der Waals surface area contributed by atoms with Gasteiger partial charge in [-0.05, 0) is 62.6 Å². The number of rotatable bonds is 8. The predicted molar refractivity (Wildman–Crippen MR) is 122 cm³/mol. The van der Waals surface area contributed by atoms with Gasteiger partial charge >= 0.3 is 0 Å². The summed E-state index contributed by atoms with van der Waals surface area (Å²) in [6, 6.07) is 14.0. The van der Waals surface area contributed by atoms with Crippen molar-refractivity contribution in [1.29, 1.82) is 0 Å². The van der Waals surface area contributed by atoms with Gasteiger partial charge in [-0.2, -0.15) is 0 Å². The first-order valence-electron chi connectivity index (χ1n) is 10.6.